The van der Waals surface area contributed by atoms with E-state index in [1.165, 1.54) is 0 Å². The fourth-order valence-electron chi connectivity index (χ4n) is 3.19. The number of ether oxygens (including phenoxy) is 1. The number of hydrogen-bond donors (Lipinski definition) is 2. The maximum Gasteiger partial charge on any atom is 0.340 e. The van der Waals surface area contributed by atoms with Gasteiger partial charge >= 0.3 is 5.97 Å². The Morgan fingerprint density at radius 3 is 2.57 bits per heavy atom. The van der Waals surface area contributed by atoms with Crippen molar-refractivity contribution in [3.05, 3.63) is 71.1 Å². The first kappa shape index (κ1) is 19.4. The summed E-state index contributed by atoms with van der Waals surface area (Å²) >= 11 is 0. The number of aromatic amines is 1. The van der Waals surface area contributed by atoms with Crippen molar-refractivity contribution in [1.29, 1.82) is 0 Å². The summed E-state index contributed by atoms with van der Waals surface area (Å²) in [4.78, 5) is 31.9. The molecule has 0 radical (unpaired) electrons. The van der Waals surface area contributed by atoms with Crippen molar-refractivity contribution in [3.63, 3.8) is 0 Å². The predicted octanol–water partition coefficient (Wildman–Crippen LogP) is 3.48. The highest BCUT2D eigenvalue weighted by Gasteiger charge is 2.23. The first-order chi connectivity index (χ1) is 13.4. The minimum Gasteiger partial charge on any atom is -0.462 e. The Kier molecular flexibility index (Phi) is 5.63. The Labute approximate surface area is 163 Å². The number of nitrogens with zero attached hydrogens (tertiary/aromatic N) is 2. The molecule has 1 unspecified atom stereocenters. The van der Waals surface area contributed by atoms with E-state index in [9.17, 15) is 9.59 Å². The van der Waals surface area contributed by atoms with Gasteiger partial charge in [0.2, 0.25) is 0 Å². The van der Waals surface area contributed by atoms with Crippen LogP contribution in [0.2, 0.25) is 0 Å². The lowest BCUT2D eigenvalue weighted by atomic mass is 10.1. The van der Waals surface area contributed by atoms with Crippen LogP contribution in [0.5, 0.6) is 0 Å². The second-order valence-corrected chi connectivity index (χ2v) is 6.60. The smallest absolute Gasteiger partial charge is 0.340 e. The Bertz CT molecular complexity index is 972. The topological polar surface area (TPSA) is 89.0 Å². The Hall–Kier alpha value is -3.35. The first-order valence-corrected chi connectivity index (χ1v) is 9.17. The minimum atomic E-state index is -0.420. The van der Waals surface area contributed by atoms with Gasteiger partial charge < -0.3 is 19.6 Å². The van der Waals surface area contributed by atoms with E-state index in [2.05, 4.69) is 15.3 Å². The largest absolute Gasteiger partial charge is 0.462 e. The van der Waals surface area contributed by atoms with E-state index < -0.39 is 5.97 Å². The summed E-state index contributed by atoms with van der Waals surface area (Å²) in [5.74, 6) is -0.682. The van der Waals surface area contributed by atoms with Gasteiger partial charge in [-0.1, -0.05) is 12.1 Å². The van der Waals surface area contributed by atoms with Crippen molar-refractivity contribution in [1.82, 2.24) is 19.9 Å². The lowest BCUT2D eigenvalue weighted by molar-refractivity contribution is 0.0525. The van der Waals surface area contributed by atoms with E-state index in [0.29, 0.717) is 22.5 Å². The highest BCUT2D eigenvalue weighted by Crippen LogP contribution is 2.21. The van der Waals surface area contributed by atoms with Crippen LogP contribution in [0, 0.1) is 13.8 Å². The van der Waals surface area contributed by atoms with Crippen LogP contribution in [0.4, 0.5) is 0 Å². The molecule has 1 atom stereocenters. The van der Waals surface area contributed by atoms with Gasteiger partial charge in [-0.3, -0.25) is 4.79 Å². The van der Waals surface area contributed by atoms with Gasteiger partial charge in [0.1, 0.15) is 5.69 Å². The number of benzene rings is 1. The monoisotopic (exact) mass is 380 g/mol. The minimum absolute atomic E-state index is 0.196. The number of aromatic nitrogens is 3. The number of carbonyl (C=O) groups excluding carboxylic acids is 2. The average Bonchev–Trinajstić information content (AvgIpc) is 3.30. The molecule has 1 amide bonds. The third-order valence-corrected chi connectivity index (χ3v) is 4.69. The summed E-state index contributed by atoms with van der Waals surface area (Å²) in [5.41, 5.74) is 3.99. The van der Waals surface area contributed by atoms with Gasteiger partial charge in [0, 0.05) is 23.8 Å². The third kappa shape index (κ3) is 3.83. The van der Waals surface area contributed by atoms with Gasteiger partial charge in [-0.05, 0) is 51.0 Å². The van der Waals surface area contributed by atoms with Gasteiger partial charge in [0.25, 0.3) is 5.91 Å². The molecule has 0 saturated carbocycles. The molecule has 0 aliphatic carbocycles. The van der Waals surface area contributed by atoms with E-state index in [0.717, 1.165) is 11.3 Å². The molecule has 3 rings (SSSR count). The van der Waals surface area contributed by atoms with E-state index in [4.69, 9.17) is 4.74 Å². The number of carbonyl (C=O) groups is 2. The summed E-state index contributed by atoms with van der Waals surface area (Å²) in [6, 6.07) is 7.69. The van der Waals surface area contributed by atoms with Crippen molar-refractivity contribution in [2.24, 2.45) is 0 Å². The van der Waals surface area contributed by atoms with Crippen LogP contribution in [0.1, 0.15) is 57.6 Å². The van der Waals surface area contributed by atoms with Crippen LogP contribution >= 0.6 is 0 Å². The zero-order valence-electron chi connectivity index (χ0n) is 16.4. The van der Waals surface area contributed by atoms with Gasteiger partial charge in [-0.25, -0.2) is 9.78 Å². The molecular weight excluding hydrogens is 356 g/mol. The number of rotatable bonds is 6. The number of amides is 1. The molecule has 0 spiro atoms. The summed E-state index contributed by atoms with van der Waals surface area (Å²) in [6.07, 6.45) is 5.33. The van der Waals surface area contributed by atoms with Gasteiger partial charge in [0.15, 0.2) is 0 Å². The second kappa shape index (κ2) is 8.12. The number of hydrogen-bond acceptors (Lipinski definition) is 4. The lowest BCUT2D eigenvalue weighted by Crippen LogP contribution is -2.27. The predicted molar refractivity (Wildman–Crippen MR) is 106 cm³/mol. The molecule has 1 aromatic carbocycles. The number of esters is 1. The number of aryl methyl sites for hydroxylation is 1. The van der Waals surface area contributed by atoms with Crippen LogP contribution in [-0.2, 0) is 4.74 Å². The zero-order chi connectivity index (χ0) is 20.3. The summed E-state index contributed by atoms with van der Waals surface area (Å²) in [7, 11) is 0. The molecule has 0 fully saturated rings. The first-order valence-electron chi connectivity index (χ1n) is 9.17. The quantitative estimate of drug-likeness (QED) is 0.641. The Morgan fingerprint density at radius 1 is 1.25 bits per heavy atom. The van der Waals surface area contributed by atoms with Crippen molar-refractivity contribution in [2.45, 2.75) is 33.7 Å². The highest BCUT2D eigenvalue weighted by molar-refractivity contribution is 6.00. The van der Waals surface area contributed by atoms with Crippen LogP contribution < -0.4 is 5.32 Å². The molecular formula is C21H24N4O3. The molecule has 28 heavy (non-hydrogen) atoms. The normalized spacial score (nSPS) is 11.9. The SMILES string of the molecule is CCOC(=O)c1c(C)[nH]c(C(=O)NC(C)c2ccc(-n3ccnc3)cc2)c1C. The molecule has 3 aromatic rings. The highest BCUT2D eigenvalue weighted by atomic mass is 16.5. The van der Waals surface area contributed by atoms with Crippen molar-refractivity contribution in [2.75, 3.05) is 6.61 Å². The van der Waals surface area contributed by atoms with Crippen molar-refractivity contribution < 1.29 is 14.3 Å². The molecule has 0 aliphatic heterocycles. The Balaban J connectivity index is 1.74. The molecule has 7 heteroatoms. The van der Waals surface area contributed by atoms with E-state index in [1.54, 1.807) is 33.3 Å². The second-order valence-electron chi connectivity index (χ2n) is 6.60. The average molecular weight is 380 g/mol. The zero-order valence-corrected chi connectivity index (χ0v) is 16.4. The van der Waals surface area contributed by atoms with Gasteiger partial charge in [-0.15, -0.1) is 0 Å². The van der Waals surface area contributed by atoms with Crippen molar-refractivity contribution in [3.8, 4) is 5.69 Å². The van der Waals surface area contributed by atoms with Crippen LogP contribution in [0.3, 0.4) is 0 Å². The summed E-state index contributed by atoms with van der Waals surface area (Å²) < 4.78 is 6.99. The van der Waals surface area contributed by atoms with Crippen molar-refractivity contribution >= 4 is 11.9 Å². The van der Waals surface area contributed by atoms with E-state index in [-0.39, 0.29) is 18.6 Å². The van der Waals surface area contributed by atoms with Gasteiger partial charge in [0.05, 0.1) is 24.5 Å². The molecule has 7 nitrogen and oxygen atoms in total. The lowest BCUT2D eigenvalue weighted by Gasteiger charge is -2.15. The maximum atomic E-state index is 12.7. The molecule has 0 saturated heterocycles. The molecule has 146 valence electrons. The molecule has 0 aliphatic rings. The van der Waals surface area contributed by atoms with E-state index in [1.807, 2.05) is 42.0 Å². The van der Waals surface area contributed by atoms with Crippen LogP contribution in [0.15, 0.2) is 43.0 Å². The Morgan fingerprint density at radius 2 is 1.96 bits per heavy atom. The number of H-pyrrole nitrogens is 1. The number of imidazole rings is 1. The summed E-state index contributed by atoms with van der Waals surface area (Å²) in [5, 5.41) is 2.98. The number of nitrogens with one attached hydrogen (secondary N) is 2. The van der Waals surface area contributed by atoms with Crippen LogP contribution in [-0.4, -0.2) is 33.0 Å². The standard InChI is InChI=1S/C21H24N4O3/c1-5-28-21(27)18-13(2)19(23-15(18)4)20(26)24-14(3)16-6-8-17(9-7-16)25-11-10-22-12-25/h6-12,14,23H,5H2,1-4H3,(H,24,26). The van der Waals surface area contributed by atoms with E-state index >= 15 is 0 Å². The molecule has 2 N–H and O–H groups in total. The van der Waals surface area contributed by atoms with Gasteiger partial charge in [-0.2, -0.15) is 0 Å². The fraction of sp³-hybridized carbons (Fsp3) is 0.286. The third-order valence-electron chi connectivity index (χ3n) is 4.69. The van der Waals surface area contributed by atoms with Crippen LogP contribution in [0.25, 0.3) is 5.69 Å². The molecule has 0 bridgehead atoms. The molecule has 2 aromatic heterocycles. The summed E-state index contributed by atoms with van der Waals surface area (Å²) in [6.45, 7) is 7.46. The maximum absolute atomic E-state index is 12.7. The molecule has 2 heterocycles. The fourth-order valence-corrected chi connectivity index (χ4v) is 3.19.